The summed E-state index contributed by atoms with van der Waals surface area (Å²) < 4.78 is 0. The number of unbranched alkanes of at least 4 members (excludes halogenated alkanes) is 2. The van der Waals surface area contributed by atoms with Gasteiger partial charge in [0.05, 0.1) is 5.41 Å². The Balaban J connectivity index is 2.08. The second kappa shape index (κ2) is 8.88. The molecule has 4 heteroatoms. The average Bonchev–Trinajstić information content (AvgIpc) is 3.26. The second-order valence-electron chi connectivity index (χ2n) is 7.89. The lowest BCUT2D eigenvalue weighted by atomic mass is 9.86. The fourth-order valence-electron chi connectivity index (χ4n) is 3.03. The number of hydrogen-bond acceptors (Lipinski definition) is 3. The van der Waals surface area contributed by atoms with Crippen LogP contribution in [-0.2, 0) is 4.79 Å². The van der Waals surface area contributed by atoms with E-state index in [0.29, 0.717) is 18.9 Å². The van der Waals surface area contributed by atoms with Crippen LogP contribution in [0.4, 0.5) is 0 Å². The lowest BCUT2D eigenvalue weighted by Gasteiger charge is -2.20. The van der Waals surface area contributed by atoms with Crippen molar-refractivity contribution in [1.82, 2.24) is 0 Å². The molecular formula is C18H34O4. The molecule has 0 aromatic carbocycles. The molecule has 0 aromatic rings. The molecule has 0 heterocycles. The van der Waals surface area contributed by atoms with Gasteiger partial charge in [0.15, 0.2) is 0 Å². The van der Waals surface area contributed by atoms with E-state index in [9.17, 15) is 15.0 Å². The molecule has 3 N–H and O–H groups in total. The Hall–Kier alpha value is -0.610. The van der Waals surface area contributed by atoms with Gasteiger partial charge in [-0.1, -0.05) is 25.7 Å². The van der Waals surface area contributed by atoms with Crippen molar-refractivity contribution < 1.29 is 20.1 Å². The maximum atomic E-state index is 11.0. The zero-order valence-corrected chi connectivity index (χ0v) is 14.3. The molecule has 0 spiro atoms. The lowest BCUT2D eigenvalue weighted by molar-refractivity contribution is -0.147. The van der Waals surface area contributed by atoms with E-state index in [4.69, 9.17) is 5.11 Å². The van der Waals surface area contributed by atoms with E-state index >= 15 is 0 Å². The minimum atomic E-state index is -0.732. The van der Waals surface area contributed by atoms with Crippen LogP contribution in [0.15, 0.2) is 0 Å². The van der Waals surface area contributed by atoms with Gasteiger partial charge < -0.3 is 15.3 Å². The van der Waals surface area contributed by atoms with Gasteiger partial charge in [-0.25, -0.2) is 0 Å². The van der Waals surface area contributed by atoms with Gasteiger partial charge in [0, 0.05) is 13.2 Å². The van der Waals surface area contributed by atoms with Crippen molar-refractivity contribution in [3.05, 3.63) is 0 Å². The van der Waals surface area contributed by atoms with Crippen molar-refractivity contribution in [1.29, 1.82) is 0 Å². The topological polar surface area (TPSA) is 77.8 Å². The van der Waals surface area contributed by atoms with Gasteiger partial charge in [-0.3, -0.25) is 4.79 Å². The van der Waals surface area contributed by atoms with Gasteiger partial charge in [-0.2, -0.15) is 0 Å². The molecule has 0 bridgehead atoms. The number of carbonyl (C=O) groups is 1. The predicted octanol–water partition coefficient (Wildman–Crippen LogP) is 3.60. The van der Waals surface area contributed by atoms with E-state index in [1.54, 1.807) is 13.8 Å². The monoisotopic (exact) mass is 314 g/mol. The highest BCUT2D eigenvalue weighted by atomic mass is 16.4. The van der Waals surface area contributed by atoms with Gasteiger partial charge in [-0.05, 0) is 63.7 Å². The first-order chi connectivity index (χ1) is 10.4. The minimum absolute atomic E-state index is 0.230. The van der Waals surface area contributed by atoms with Crippen molar-refractivity contribution in [3.8, 4) is 0 Å². The molecule has 4 nitrogen and oxygen atoms in total. The first kappa shape index (κ1) is 19.4. The van der Waals surface area contributed by atoms with Crippen molar-refractivity contribution >= 4 is 5.97 Å². The van der Waals surface area contributed by atoms with Gasteiger partial charge in [-0.15, -0.1) is 0 Å². The fraction of sp³-hybridized carbons (Fsp3) is 0.944. The van der Waals surface area contributed by atoms with Crippen LogP contribution in [0, 0.1) is 16.7 Å². The normalized spacial score (nSPS) is 18.2. The van der Waals surface area contributed by atoms with Crippen LogP contribution in [0.25, 0.3) is 0 Å². The van der Waals surface area contributed by atoms with Crippen molar-refractivity contribution in [2.45, 2.75) is 78.1 Å². The molecule has 1 fully saturated rings. The Morgan fingerprint density at radius 2 is 1.68 bits per heavy atom. The van der Waals surface area contributed by atoms with Crippen molar-refractivity contribution in [2.24, 2.45) is 16.7 Å². The summed E-state index contributed by atoms with van der Waals surface area (Å²) in [6.07, 6.45) is 10.3. The molecule has 0 saturated heterocycles. The maximum Gasteiger partial charge on any atom is 0.309 e. The van der Waals surface area contributed by atoms with E-state index in [-0.39, 0.29) is 12.0 Å². The molecule has 1 atom stereocenters. The van der Waals surface area contributed by atoms with Crippen molar-refractivity contribution in [2.75, 3.05) is 13.2 Å². The molecular weight excluding hydrogens is 280 g/mol. The van der Waals surface area contributed by atoms with Crippen LogP contribution in [0.3, 0.4) is 0 Å². The molecule has 130 valence electrons. The first-order valence-corrected chi connectivity index (χ1v) is 8.80. The predicted molar refractivity (Wildman–Crippen MR) is 87.7 cm³/mol. The Morgan fingerprint density at radius 3 is 2.14 bits per heavy atom. The Bertz CT molecular complexity index is 334. The van der Waals surface area contributed by atoms with Crippen LogP contribution in [-0.4, -0.2) is 34.5 Å². The van der Waals surface area contributed by atoms with Gasteiger partial charge in [0.1, 0.15) is 0 Å². The van der Waals surface area contributed by atoms with Gasteiger partial charge >= 0.3 is 5.97 Å². The van der Waals surface area contributed by atoms with Crippen LogP contribution in [0.1, 0.15) is 78.1 Å². The number of aliphatic hydroxyl groups is 2. The van der Waals surface area contributed by atoms with Crippen LogP contribution in [0.2, 0.25) is 0 Å². The largest absolute Gasteiger partial charge is 0.481 e. The molecule has 1 saturated carbocycles. The van der Waals surface area contributed by atoms with Gasteiger partial charge in [0.2, 0.25) is 0 Å². The molecule has 0 aromatic heterocycles. The third-order valence-corrected chi connectivity index (χ3v) is 5.36. The highest BCUT2D eigenvalue weighted by Crippen LogP contribution is 2.49. The number of aliphatic carboxylic acids is 1. The smallest absolute Gasteiger partial charge is 0.309 e. The van der Waals surface area contributed by atoms with Crippen LogP contribution >= 0.6 is 0 Å². The Kier molecular flexibility index (Phi) is 7.84. The van der Waals surface area contributed by atoms with E-state index in [1.165, 1.54) is 12.8 Å². The van der Waals surface area contributed by atoms with Crippen LogP contribution in [0.5, 0.6) is 0 Å². The standard InChI is InChI=1S/C18H34O4/c1-17(2,16(21)22)9-5-3-7-15(13-19)8-4-6-10-18(14-20)11-12-18/h15,19-20H,3-14H2,1-2H3,(H,21,22). The molecule has 0 amide bonds. The van der Waals surface area contributed by atoms with Crippen LogP contribution < -0.4 is 0 Å². The molecule has 0 radical (unpaired) electrons. The summed E-state index contributed by atoms with van der Waals surface area (Å²) in [4.78, 5) is 11.0. The number of rotatable bonds is 13. The third kappa shape index (κ3) is 6.66. The van der Waals surface area contributed by atoms with E-state index in [1.807, 2.05) is 0 Å². The highest BCUT2D eigenvalue weighted by Gasteiger charge is 2.40. The zero-order valence-electron chi connectivity index (χ0n) is 14.3. The summed E-state index contributed by atoms with van der Waals surface area (Å²) >= 11 is 0. The number of carboxylic acids is 1. The maximum absolute atomic E-state index is 11.0. The molecule has 1 aliphatic carbocycles. The van der Waals surface area contributed by atoms with Gasteiger partial charge in [0.25, 0.3) is 0 Å². The number of carboxylic acid groups (broad SMARTS) is 1. The van der Waals surface area contributed by atoms with E-state index in [0.717, 1.165) is 44.9 Å². The number of hydrogen-bond donors (Lipinski definition) is 3. The van der Waals surface area contributed by atoms with E-state index < -0.39 is 11.4 Å². The summed E-state index contributed by atoms with van der Waals surface area (Å²) in [6.45, 7) is 4.10. The molecule has 22 heavy (non-hydrogen) atoms. The average molecular weight is 314 g/mol. The fourth-order valence-corrected chi connectivity index (χ4v) is 3.03. The first-order valence-electron chi connectivity index (χ1n) is 8.80. The zero-order chi connectivity index (χ0) is 16.6. The molecule has 0 aliphatic heterocycles. The minimum Gasteiger partial charge on any atom is -0.481 e. The van der Waals surface area contributed by atoms with Crippen molar-refractivity contribution in [3.63, 3.8) is 0 Å². The van der Waals surface area contributed by atoms with E-state index in [2.05, 4.69) is 0 Å². The highest BCUT2D eigenvalue weighted by molar-refractivity contribution is 5.73. The summed E-state index contributed by atoms with van der Waals surface area (Å²) in [5, 5.41) is 27.8. The summed E-state index contributed by atoms with van der Waals surface area (Å²) in [6, 6.07) is 0. The quantitative estimate of drug-likeness (QED) is 0.454. The third-order valence-electron chi connectivity index (χ3n) is 5.36. The SMILES string of the molecule is CC(C)(CCCCC(CO)CCCCC1(CO)CC1)C(=O)O. The summed E-state index contributed by atoms with van der Waals surface area (Å²) in [5.41, 5.74) is -0.394. The molecule has 1 rings (SSSR count). The molecule has 1 unspecified atom stereocenters. The molecule has 1 aliphatic rings. The second-order valence-corrected chi connectivity index (χ2v) is 7.89. The lowest BCUT2D eigenvalue weighted by Crippen LogP contribution is -2.23. The summed E-state index contributed by atoms with van der Waals surface area (Å²) in [7, 11) is 0. The number of aliphatic hydroxyl groups excluding tert-OH is 2. The summed E-state index contributed by atoms with van der Waals surface area (Å²) in [5.74, 6) is -0.388. The Labute approximate surface area is 134 Å². The Morgan fingerprint density at radius 1 is 1.09 bits per heavy atom.